The molecule has 0 aliphatic heterocycles. The maximum absolute atomic E-state index is 4.33. The van der Waals surface area contributed by atoms with Crippen LogP contribution in [0.5, 0.6) is 0 Å². The molecule has 1 N–H and O–H groups in total. The van der Waals surface area contributed by atoms with Crippen LogP contribution in [0.1, 0.15) is 6.42 Å². The van der Waals surface area contributed by atoms with Crippen LogP contribution in [0.15, 0.2) is 267 Å². The van der Waals surface area contributed by atoms with Gasteiger partial charge in [0.25, 0.3) is 0 Å². The molecule has 1 saturated carbocycles. The van der Waals surface area contributed by atoms with Gasteiger partial charge < -0.3 is 20.0 Å². The number of rotatable bonds is 14. The summed E-state index contributed by atoms with van der Waals surface area (Å²) in [5.74, 6) is 1.21. The van der Waals surface area contributed by atoms with E-state index in [2.05, 4.69) is 269 Å². The van der Waals surface area contributed by atoms with Crippen molar-refractivity contribution in [3.63, 3.8) is 0 Å². The maximum Gasteiger partial charge on any atom is 0.0540 e. The molecule has 1 unspecified atom stereocenters. The van der Waals surface area contributed by atoms with Gasteiger partial charge in [-0.3, -0.25) is 0 Å². The summed E-state index contributed by atoms with van der Waals surface area (Å²) in [5, 5.41) is 5.97. The SMILES string of the molecule is C=C/C(=C\C=C\N(C1=CC=C[C@@H]2CC12)c1ccccc1)N(c1ccc(-c2ccc(Nc3ccc(N(c4ccccc4)c4ccccc4)cc3)cc2)cc1)c1cccc2ccccc12. The normalized spacial score (nSPS) is 15.4. The third-order valence-corrected chi connectivity index (χ3v) is 11.9. The average molecular weight is 813 g/mol. The number of nitrogens with one attached hydrogen (secondary N) is 1. The van der Waals surface area contributed by atoms with Gasteiger partial charge in [0.1, 0.15) is 0 Å². The molecule has 304 valence electrons. The van der Waals surface area contributed by atoms with Crippen LogP contribution in [-0.2, 0) is 0 Å². The van der Waals surface area contributed by atoms with E-state index in [1.54, 1.807) is 0 Å². The first kappa shape index (κ1) is 39.1. The fourth-order valence-corrected chi connectivity index (χ4v) is 8.66. The van der Waals surface area contributed by atoms with Crippen molar-refractivity contribution < 1.29 is 0 Å². The molecular formula is C59H48N4. The number of para-hydroxylation sites is 3. The third-order valence-electron chi connectivity index (χ3n) is 11.9. The first-order valence-corrected chi connectivity index (χ1v) is 21.7. The third kappa shape index (κ3) is 8.48. The predicted molar refractivity (Wildman–Crippen MR) is 268 cm³/mol. The molecule has 0 aromatic heterocycles. The Hall–Kier alpha value is -8.08. The van der Waals surface area contributed by atoms with Crippen molar-refractivity contribution >= 4 is 56.3 Å². The molecule has 0 heterocycles. The van der Waals surface area contributed by atoms with E-state index in [0.717, 1.165) is 62.3 Å². The van der Waals surface area contributed by atoms with Crippen LogP contribution >= 0.6 is 0 Å². The van der Waals surface area contributed by atoms with Crippen LogP contribution in [0.3, 0.4) is 0 Å². The van der Waals surface area contributed by atoms with Crippen molar-refractivity contribution in [3.8, 4) is 11.1 Å². The molecule has 8 aromatic carbocycles. The second-order valence-corrected chi connectivity index (χ2v) is 16.0. The first-order valence-electron chi connectivity index (χ1n) is 21.7. The van der Waals surface area contributed by atoms with Crippen LogP contribution < -0.4 is 20.0 Å². The number of benzene rings is 8. The highest BCUT2D eigenvalue weighted by atomic mass is 15.2. The van der Waals surface area contributed by atoms with Gasteiger partial charge in [0.2, 0.25) is 0 Å². The summed E-state index contributed by atoms with van der Waals surface area (Å²) >= 11 is 0. The van der Waals surface area contributed by atoms with E-state index in [-0.39, 0.29) is 0 Å². The van der Waals surface area contributed by atoms with E-state index < -0.39 is 0 Å². The van der Waals surface area contributed by atoms with Gasteiger partial charge in [0.15, 0.2) is 0 Å². The summed E-state index contributed by atoms with van der Waals surface area (Å²) < 4.78 is 0. The van der Waals surface area contributed by atoms with E-state index in [0.29, 0.717) is 11.8 Å². The highest BCUT2D eigenvalue weighted by Crippen LogP contribution is 2.49. The standard InChI is InChI=1S/C59H48N4/c1-2-50(26-16-42-61(51-20-6-3-7-21-51)58-28-15-19-47-43-57(47)58)63(59-29-14-18-46-17-12-13-27-56(46)59)55-38-32-45(33-39-55)44-30-34-48(35-31-44)60-49-36-40-54(41-37-49)62(52-22-8-4-9-23-52)53-24-10-5-11-25-53/h2-42,47,57,60H,1,43H2/b42-16+,50-26+/t47-,57?/m1/s1. The van der Waals surface area contributed by atoms with Crippen molar-refractivity contribution in [2.45, 2.75) is 6.42 Å². The van der Waals surface area contributed by atoms with E-state index in [1.807, 2.05) is 6.08 Å². The highest BCUT2D eigenvalue weighted by Gasteiger charge is 2.41. The summed E-state index contributed by atoms with van der Waals surface area (Å²) in [7, 11) is 0. The van der Waals surface area contributed by atoms with Gasteiger partial charge in [-0.15, -0.1) is 0 Å². The molecule has 8 aromatic rings. The molecule has 2 aliphatic rings. The number of anilines is 8. The van der Waals surface area contributed by atoms with Gasteiger partial charge in [-0.1, -0.05) is 134 Å². The summed E-state index contributed by atoms with van der Waals surface area (Å²) in [4.78, 5) is 6.92. The van der Waals surface area contributed by atoms with E-state index in [1.165, 1.54) is 22.9 Å². The number of nitrogens with zero attached hydrogens (tertiary/aromatic N) is 3. The van der Waals surface area contributed by atoms with Crippen molar-refractivity contribution in [1.82, 2.24) is 0 Å². The Morgan fingerprint density at radius 1 is 0.540 bits per heavy atom. The molecular weight excluding hydrogens is 765 g/mol. The van der Waals surface area contributed by atoms with Crippen LogP contribution in [0.2, 0.25) is 0 Å². The summed E-state index contributed by atoms with van der Waals surface area (Å²) in [5.41, 5.74) is 13.3. The van der Waals surface area contributed by atoms with Gasteiger partial charge in [-0.25, -0.2) is 0 Å². The summed E-state index contributed by atoms with van der Waals surface area (Å²) in [6.45, 7) is 4.33. The van der Waals surface area contributed by atoms with E-state index in [9.17, 15) is 0 Å². The fourth-order valence-electron chi connectivity index (χ4n) is 8.66. The Bertz CT molecular complexity index is 2910. The Morgan fingerprint density at radius 3 is 1.73 bits per heavy atom. The number of hydrogen-bond acceptors (Lipinski definition) is 4. The molecule has 2 atom stereocenters. The number of fused-ring (bicyclic) bond motifs is 2. The van der Waals surface area contributed by atoms with Crippen molar-refractivity contribution in [2.75, 3.05) is 20.0 Å². The van der Waals surface area contributed by atoms with E-state index in [4.69, 9.17) is 0 Å². The lowest BCUT2D eigenvalue weighted by Gasteiger charge is -2.28. The highest BCUT2D eigenvalue weighted by molar-refractivity contribution is 5.97. The number of hydrogen-bond donors (Lipinski definition) is 1. The molecule has 0 saturated heterocycles. The fraction of sp³-hybridized carbons (Fsp3) is 0.0508. The molecule has 4 heteroatoms. The van der Waals surface area contributed by atoms with Crippen LogP contribution in [0.4, 0.5) is 45.5 Å². The van der Waals surface area contributed by atoms with E-state index >= 15 is 0 Å². The second kappa shape index (κ2) is 17.9. The van der Waals surface area contributed by atoms with Crippen molar-refractivity contribution in [1.29, 1.82) is 0 Å². The maximum atomic E-state index is 4.33. The Morgan fingerprint density at radius 2 is 1.08 bits per heavy atom. The van der Waals surface area contributed by atoms with Crippen LogP contribution in [0.25, 0.3) is 21.9 Å². The smallest absolute Gasteiger partial charge is 0.0540 e. The topological polar surface area (TPSA) is 21.8 Å². The first-order chi connectivity index (χ1) is 31.2. The monoisotopic (exact) mass is 812 g/mol. The van der Waals surface area contributed by atoms with Gasteiger partial charge in [-0.2, -0.15) is 0 Å². The van der Waals surface area contributed by atoms with Gasteiger partial charge in [-0.05, 0) is 144 Å². The molecule has 1 fully saturated rings. The molecule has 10 rings (SSSR count). The summed E-state index contributed by atoms with van der Waals surface area (Å²) in [6, 6.07) is 72.8. The Kier molecular flexibility index (Phi) is 11.1. The molecule has 0 bridgehead atoms. The minimum absolute atomic E-state index is 0.566. The van der Waals surface area contributed by atoms with Crippen LogP contribution in [0, 0.1) is 11.8 Å². The number of allylic oxidation sites excluding steroid dienone is 7. The molecule has 2 aliphatic carbocycles. The second-order valence-electron chi connectivity index (χ2n) is 16.0. The predicted octanol–water partition coefficient (Wildman–Crippen LogP) is 16.0. The van der Waals surface area contributed by atoms with Gasteiger partial charge >= 0.3 is 0 Å². The minimum Gasteiger partial charge on any atom is -0.356 e. The molecule has 0 spiro atoms. The Labute approximate surface area is 371 Å². The van der Waals surface area contributed by atoms with Gasteiger partial charge in [0.05, 0.1) is 5.69 Å². The average Bonchev–Trinajstić information content (AvgIpc) is 4.16. The van der Waals surface area contributed by atoms with Crippen LogP contribution in [-0.4, -0.2) is 0 Å². The van der Waals surface area contributed by atoms with Crippen molar-refractivity contribution in [3.05, 3.63) is 267 Å². The quantitative estimate of drug-likeness (QED) is 0.110. The Balaban J connectivity index is 0.905. The zero-order chi connectivity index (χ0) is 42.4. The zero-order valence-corrected chi connectivity index (χ0v) is 35.1. The molecule has 4 nitrogen and oxygen atoms in total. The minimum atomic E-state index is 0.566. The van der Waals surface area contributed by atoms with Crippen molar-refractivity contribution in [2.24, 2.45) is 11.8 Å². The van der Waals surface area contributed by atoms with Gasteiger partial charge in [0, 0.05) is 68.7 Å². The molecule has 0 amide bonds. The lowest BCUT2D eigenvalue weighted by molar-refractivity contribution is 0.868. The largest absolute Gasteiger partial charge is 0.356 e. The summed E-state index contributed by atoms with van der Waals surface area (Å²) in [6.07, 6.45) is 16.5. The lowest BCUT2D eigenvalue weighted by Crippen LogP contribution is -2.18. The zero-order valence-electron chi connectivity index (χ0n) is 35.1. The molecule has 63 heavy (non-hydrogen) atoms. The lowest BCUT2D eigenvalue weighted by atomic mass is 10.0. The molecule has 0 radical (unpaired) electrons.